The van der Waals surface area contributed by atoms with Crippen molar-refractivity contribution in [2.75, 3.05) is 12.0 Å². The third kappa shape index (κ3) is 3.73. The van der Waals surface area contributed by atoms with E-state index < -0.39 is 11.7 Å². The highest BCUT2D eigenvalue weighted by molar-refractivity contribution is 6.13. The highest BCUT2D eigenvalue weighted by Crippen LogP contribution is 2.51. The Morgan fingerprint density at radius 1 is 0.778 bits per heavy atom. The monoisotopic (exact) mass is 477 g/mol. The maximum absolute atomic E-state index is 14.0. The Labute approximate surface area is 210 Å². The zero-order chi connectivity index (χ0) is 25.3. The van der Waals surface area contributed by atoms with Crippen LogP contribution in [0.2, 0.25) is 0 Å². The Morgan fingerprint density at radius 3 is 1.97 bits per heavy atom. The third-order valence-electron chi connectivity index (χ3n) is 6.74. The van der Waals surface area contributed by atoms with Crippen molar-refractivity contribution < 1.29 is 19.1 Å². The van der Waals surface area contributed by atoms with Gasteiger partial charge in [-0.3, -0.25) is 9.69 Å². The van der Waals surface area contributed by atoms with E-state index in [0.717, 1.165) is 22.4 Å². The molecule has 4 aromatic carbocycles. The first kappa shape index (κ1) is 23.4. The molecule has 4 aromatic rings. The van der Waals surface area contributed by atoms with E-state index in [4.69, 9.17) is 4.74 Å². The summed E-state index contributed by atoms with van der Waals surface area (Å²) in [5.41, 5.74) is 4.49. The number of anilines is 1. The van der Waals surface area contributed by atoms with Gasteiger partial charge in [0.25, 0.3) is 5.91 Å². The molecule has 0 saturated heterocycles. The average molecular weight is 478 g/mol. The topological polar surface area (TPSA) is 55.8 Å². The molecule has 1 unspecified atom stereocenters. The van der Waals surface area contributed by atoms with Gasteiger partial charge in [-0.15, -0.1) is 0 Å². The van der Waals surface area contributed by atoms with Gasteiger partial charge in [-0.2, -0.15) is 0 Å². The van der Waals surface area contributed by atoms with Crippen molar-refractivity contribution >= 4 is 17.7 Å². The number of para-hydroxylation sites is 1. The first-order chi connectivity index (χ1) is 17.5. The van der Waals surface area contributed by atoms with Gasteiger partial charge in [0.15, 0.2) is 0 Å². The van der Waals surface area contributed by atoms with Gasteiger partial charge in [-0.25, -0.2) is 4.79 Å². The van der Waals surface area contributed by atoms with Crippen LogP contribution in [0, 0.1) is 0 Å². The fourth-order valence-corrected chi connectivity index (χ4v) is 5.01. The Morgan fingerprint density at radius 2 is 1.36 bits per heavy atom. The summed E-state index contributed by atoms with van der Waals surface area (Å²) in [7, 11) is 1.27. The van der Waals surface area contributed by atoms with Crippen molar-refractivity contribution in [2.45, 2.75) is 25.3 Å². The molecule has 0 aromatic heterocycles. The minimum Gasteiger partial charge on any atom is -0.437 e. The maximum Gasteiger partial charge on any atom is 0.513 e. The number of carbonyl (C=O) groups is 2. The number of carbonyl (C=O) groups excluding carboxylic acids is 2. The molecule has 5 nitrogen and oxygen atoms in total. The van der Waals surface area contributed by atoms with E-state index >= 15 is 0 Å². The zero-order valence-electron chi connectivity index (χ0n) is 20.5. The Hall–Kier alpha value is -4.38. The van der Waals surface area contributed by atoms with Gasteiger partial charge in [0.2, 0.25) is 0 Å². The smallest absolute Gasteiger partial charge is 0.437 e. The molecular formula is C31H27NO4. The standard InChI is InChI=1S/C31H27NO4/c1-21(2)22-13-15-23(16-14-22)31(24-17-19-26(20-18-24)36-30(34)35-3)28-12-8-7-11-27(28)29(33)32(31)25-9-5-4-6-10-25/h4-21H,1-3H3. The number of benzene rings is 4. The molecule has 0 aliphatic carbocycles. The number of methoxy groups -OCH3 is 1. The van der Waals surface area contributed by atoms with E-state index in [1.807, 2.05) is 71.6 Å². The summed E-state index contributed by atoms with van der Waals surface area (Å²) < 4.78 is 9.85. The molecule has 1 amide bonds. The van der Waals surface area contributed by atoms with Crippen molar-refractivity contribution in [2.24, 2.45) is 0 Å². The minimum absolute atomic E-state index is 0.0698. The third-order valence-corrected chi connectivity index (χ3v) is 6.74. The Balaban J connectivity index is 1.79. The molecule has 1 aliphatic rings. The molecule has 0 fully saturated rings. The Bertz CT molecular complexity index is 1390. The fraction of sp³-hybridized carbons (Fsp3) is 0.161. The number of nitrogens with zero attached hydrogens (tertiary/aromatic N) is 1. The second kappa shape index (κ2) is 9.34. The fourth-order valence-electron chi connectivity index (χ4n) is 5.01. The summed E-state index contributed by atoms with van der Waals surface area (Å²) in [5, 5.41) is 0. The van der Waals surface area contributed by atoms with Crippen LogP contribution in [0.1, 0.15) is 52.4 Å². The van der Waals surface area contributed by atoms with Crippen LogP contribution < -0.4 is 9.64 Å². The van der Waals surface area contributed by atoms with Gasteiger partial charge in [0.05, 0.1) is 7.11 Å². The molecule has 0 saturated carbocycles. The summed E-state index contributed by atoms with van der Waals surface area (Å²) in [6, 6.07) is 33.2. The van der Waals surface area contributed by atoms with Crippen molar-refractivity contribution in [1.29, 1.82) is 0 Å². The van der Waals surface area contributed by atoms with Gasteiger partial charge in [0, 0.05) is 11.3 Å². The number of hydrogen-bond donors (Lipinski definition) is 0. The van der Waals surface area contributed by atoms with Crippen LogP contribution in [0.25, 0.3) is 0 Å². The van der Waals surface area contributed by atoms with Gasteiger partial charge in [0.1, 0.15) is 11.3 Å². The second-order valence-electron chi connectivity index (χ2n) is 9.09. The molecule has 1 heterocycles. The number of rotatable bonds is 5. The van der Waals surface area contributed by atoms with Gasteiger partial charge < -0.3 is 9.47 Å². The van der Waals surface area contributed by atoms with Crippen molar-refractivity contribution in [1.82, 2.24) is 0 Å². The van der Waals surface area contributed by atoms with E-state index in [9.17, 15) is 9.59 Å². The van der Waals surface area contributed by atoms with Crippen LogP contribution in [0.4, 0.5) is 10.5 Å². The lowest BCUT2D eigenvalue weighted by Gasteiger charge is -2.40. The van der Waals surface area contributed by atoms with Crippen molar-refractivity contribution in [3.63, 3.8) is 0 Å². The van der Waals surface area contributed by atoms with Crippen molar-refractivity contribution in [3.05, 3.63) is 131 Å². The maximum atomic E-state index is 14.0. The molecule has 0 N–H and O–H groups in total. The molecule has 1 aliphatic heterocycles. The van der Waals surface area contributed by atoms with Crippen LogP contribution in [0.15, 0.2) is 103 Å². The van der Waals surface area contributed by atoms with Gasteiger partial charge in [-0.05, 0) is 58.5 Å². The average Bonchev–Trinajstić information content (AvgIpc) is 3.19. The van der Waals surface area contributed by atoms with E-state index in [0.29, 0.717) is 17.2 Å². The SMILES string of the molecule is COC(=O)Oc1ccc(C2(c3ccc(C(C)C)cc3)c3ccccc3C(=O)N2c2ccccc2)cc1. The van der Waals surface area contributed by atoms with E-state index in [-0.39, 0.29) is 5.91 Å². The predicted octanol–water partition coefficient (Wildman–Crippen LogP) is 6.91. The summed E-state index contributed by atoms with van der Waals surface area (Å²) in [6.45, 7) is 4.32. The molecular weight excluding hydrogens is 450 g/mol. The molecule has 0 spiro atoms. The van der Waals surface area contributed by atoms with Gasteiger partial charge in [-0.1, -0.05) is 86.6 Å². The molecule has 5 rings (SSSR count). The molecule has 1 atom stereocenters. The summed E-state index contributed by atoms with van der Waals surface area (Å²) in [5.74, 6) is 0.673. The molecule has 0 radical (unpaired) electrons. The molecule has 180 valence electrons. The van der Waals surface area contributed by atoms with Crippen LogP contribution in [-0.4, -0.2) is 19.2 Å². The first-order valence-electron chi connectivity index (χ1n) is 11.9. The lowest BCUT2D eigenvalue weighted by Crippen LogP contribution is -2.46. The number of hydrogen-bond acceptors (Lipinski definition) is 4. The van der Waals surface area contributed by atoms with Crippen LogP contribution in [-0.2, 0) is 10.3 Å². The van der Waals surface area contributed by atoms with Crippen molar-refractivity contribution in [3.8, 4) is 5.75 Å². The second-order valence-corrected chi connectivity index (χ2v) is 9.09. The highest BCUT2D eigenvalue weighted by atomic mass is 16.7. The quantitative estimate of drug-likeness (QED) is 0.232. The number of ether oxygens (including phenoxy) is 2. The van der Waals surface area contributed by atoms with E-state index in [1.165, 1.54) is 12.7 Å². The highest BCUT2D eigenvalue weighted by Gasteiger charge is 2.52. The number of amides is 1. The van der Waals surface area contributed by atoms with Gasteiger partial charge >= 0.3 is 6.16 Å². The lowest BCUT2D eigenvalue weighted by molar-refractivity contribution is 0.0986. The predicted molar refractivity (Wildman–Crippen MR) is 140 cm³/mol. The normalized spacial score (nSPS) is 16.7. The van der Waals surface area contributed by atoms with Crippen LogP contribution in [0.3, 0.4) is 0 Å². The largest absolute Gasteiger partial charge is 0.513 e. The minimum atomic E-state index is -0.922. The van der Waals surface area contributed by atoms with Crippen LogP contribution in [0.5, 0.6) is 5.75 Å². The number of fused-ring (bicyclic) bond motifs is 1. The zero-order valence-corrected chi connectivity index (χ0v) is 20.5. The summed E-state index contributed by atoms with van der Waals surface area (Å²) in [4.78, 5) is 27.5. The molecule has 36 heavy (non-hydrogen) atoms. The van der Waals surface area contributed by atoms with E-state index in [2.05, 4.69) is 42.8 Å². The molecule has 5 heteroatoms. The van der Waals surface area contributed by atoms with Crippen LogP contribution >= 0.6 is 0 Å². The molecule has 0 bridgehead atoms. The summed E-state index contributed by atoms with van der Waals surface area (Å²) in [6.07, 6.45) is -0.783. The lowest BCUT2D eigenvalue weighted by atomic mass is 9.76. The first-order valence-corrected chi connectivity index (χ1v) is 11.9. The Kier molecular flexibility index (Phi) is 6.06. The summed E-state index contributed by atoms with van der Waals surface area (Å²) >= 11 is 0. The van der Waals surface area contributed by atoms with E-state index in [1.54, 1.807) is 12.1 Å².